The lowest BCUT2D eigenvalue weighted by Gasteiger charge is -2.55. The Morgan fingerprint density at radius 3 is 2.32 bits per heavy atom. The van der Waals surface area contributed by atoms with Crippen molar-refractivity contribution in [3.8, 4) is 0 Å². The fraction of sp³-hybridized carbons (Fsp3) is 1.00. The molecule has 0 bridgehead atoms. The topological polar surface area (TPSA) is 41.7 Å². The summed E-state index contributed by atoms with van der Waals surface area (Å²) in [6, 6.07) is 0. The van der Waals surface area contributed by atoms with Crippen molar-refractivity contribution in [1.82, 2.24) is 9.80 Å². The van der Waals surface area contributed by atoms with Gasteiger partial charge in [0.05, 0.1) is 6.10 Å². The summed E-state index contributed by atoms with van der Waals surface area (Å²) in [7, 11) is 0. The zero-order valence-corrected chi connectivity index (χ0v) is 12.9. The van der Waals surface area contributed by atoms with Crippen LogP contribution in [0, 0.1) is 5.92 Å². The number of piperazine rings is 1. The first-order valence-electron chi connectivity index (χ1n) is 7.88. The van der Waals surface area contributed by atoms with Crippen molar-refractivity contribution < 1.29 is 4.74 Å². The number of ether oxygens (including phenoxy) is 1. The molecule has 4 heteroatoms. The molecular weight excluding hydrogens is 238 g/mol. The van der Waals surface area contributed by atoms with Gasteiger partial charge < -0.3 is 15.4 Å². The highest BCUT2D eigenvalue weighted by Crippen LogP contribution is 2.39. The second-order valence-corrected chi connectivity index (χ2v) is 6.60. The Morgan fingerprint density at radius 1 is 1.21 bits per heavy atom. The van der Waals surface area contributed by atoms with Gasteiger partial charge in [-0.25, -0.2) is 0 Å². The average Bonchev–Trinajstić information content (AvgIpc) is 2.34. The second-order valence-electron chi connectivity index (χ2n) is 6.60. The van der Waals surface area contributed by atoms with Crippen LogP contribution in [0.25, 0.3) is 0 Å². The summed E-state index contributed by atoms with van der Waals surface area (Å²) in [6.07, 6.45) is 2.70. The van der Waals surface area contributed by atoms with Gasteiger partial charge in [0.25, 0.3) is 0 Å². The highest BCUT2D eigenvalue weighted by molar-refractivity contribution is 5.05. The van der Waals surface area contributed by atoms with Crippen LogP contribution < -0.4 is 5.73 Å². The predicted molar refractivity (Wildman–Crippen MR) is 79.3 cm³/mol. The summed E-state index contributed by atoms with van der Waals surface area (Å²) in [5.74, 6) is 0.765. The van der Waals surface area contributed by atoms with E-state index in [2.05, 4.69) is 30.6 Å². The van der Waals surface area contributed by atoms with E-state index in [0.29, 0.717) is 6.10 Å². The molecule has 0 spiro atoms. The van der Waals surface area contributed by atoms with E-state index in [0.717, 1.165) is 31.9 Å². The first kappa shape index (κ1) is 15.2. The molecule has 2 fully saturated rings. The number of nitrogens with zero attached hydrogens (tertiary/aromatic N) is 2. The summed E-state index contributed by atoms with van der Waals surface area (Å²) in [4.78, 5) is 5.21. The maximum Gasteiger partial charge on any atom is 0.0611 e. The van der Waals surface area contributed by atoms with Crippen LogP contribution in [-0.2, 0) is 4.74 Å². The molecule has 2 N–H and O–H groups in total. The maximum absolute atomic E-state index is 6.06. The molecule has 112 valence electrons. The quantitative estimate of drug-likeness (QED) is 0.785. The number of rotatable bonds is 6. The molecule has 0 aromatic carbocycles. The molecule has 1 heterocycles. The highest BCUT2D eigenvalue weighted by Gasteiger charge is 2.48. The van der Waals surface area contributed by atoms with Crippen LogP contribution in [0.1, 0.15) is 33.6 Å². The number of hydrogen-bond donors (Lipinski definition) is 1. The van der Waals surface area contributed by atoms with E-state index < -0.39 is 0 Å². The van der Waals surface area contributed by atoms with E-state index in [4.69, 9.17) is 10.5 Å². The molecule has 1 saturated heterocycles. The molecule has 4 nitrogen and oxygen atoms in total. The van der Waals surface area contributed by atoms with Crippen LogP contribution in [0.15, 0.2) is 0 Å². The van der Waals surface area contributed by atoms with E-state index in [9.17, 15) is 0 Å². The summed E-state index contributed by atoms with van der Waals surface area (Å²) < 4.78 is 5.71. The number of nitrogens with two attached hydrogens (primary N) is 1. The van der Waals surface area contributed by atoms with Gasteiger partial charge in [-0.3, -0.25) is 4.90 Å². The zero-order chi connectivity index (χ0) is 13.9. The molecule has 0 unspecified atom stereocenters. The minimum absolute atomic E-state index is 0.240. The van der Waals surface area contributed by atoms with Gasteiger partial charge in [0, 0.05) is 51.4 Å². The molecule has 1 aliphatic heterocycles. The first-order valence-corrected chi connectivity index (χ1v) is 7.88. The molecule has 0 aromatic heterocycles. The first-order chi connectivity index (χ1) is 9.09. The summed E-state index contributed by atoms with van der Waals surface area (Å²) in [5.41, 5.74) is 6.30. The van der Waals surface area contributed by atoms with E-state index in [-0.39, 0.29) is 5.54 Å². The zero-order valence-electron chi connectivity index (χ0n) is 12.9. The lowest BCUT2D eigenvalue weighted by molar-refractivity contribution is -0.110. The molecule has 19 heavy (non-hydrogen) atoms. The van der Waals surface area contributed by atoms with Gasteiger partial charge in [-0.15, -0.1) is 0 Å². The van der Waals surface area contributed by atoms with Gasteiger partial charge >= 0.3 is 0 Å². The van der Waals surface area contributed by atoms with Gasteiger partial charge in [0.2, 0.25) is 0 Å². The third kappa shape index (κ3) is 3.48. The fourth-order valence-electron chi connectivity index (χ4n) is 3.62. The van der Waals surface area contributed by atoms with Crippen molar-refractivity contribution in [2.24, 2.45) is 11.7 Å². The Hall–Kier alpha value is -0.160. The smallest absolute Gasteiger partial charge is 0.0611 e. The SMILES string of the molecule is CCOC1CC(CN)(N2CCN(CC(C)C)CC2)C1. The van der Waals surface area contributed by atoms with E-state index in [1.54, 1.807) is 0 Å². The molecule has 1 aliphatic carbocycles. The standard InChI is InChI=1S/C15H31N3O/c1-4-19-14-9-15(10-14,12-16)18-7-5-17(6-8-18)11-13(2)3/h13-14H,4-12,16H2,1-3H3. The molecular formula is C15H31N3O. The van der Waals surface area contributed by atoms with E-state index in [1.807, 2.05) is 0 Å². The summed E-state index contributed by atoms with van der Waals surface area (Å²) in [5, 5.41) is 0. The average molecular weight is 269 g/mol. The van der Waals surface area contributed by atoms with Crippen LogP contribution in [0.4, 0.5) is 0 Å². The van der Waals surface area contributed by atoms with Gasteiger partial charge in [0.1, 0.15) is 0 Å². The van der Waals surface area contributed by atoms with Crippen molar-refractivity contribution in [2.45, 2.75) is 45.3 Å². The minimum atomic E-state index is 0.240. The third-order valence-electron chi connectivity index (χ3n) is 4.66. The van der Waals surface area contributed by atoms with Crippen molar-refractivity contribution in [2.75, 3.05) is 45.9 Å². The van der Waals surface area contributed by atoms with Gasteiger partial charge in [-0.1, -0.05) is 13.8 Å². The minimum Gasteiger partial charge on any atom is -0.378 e. The highest BCUT2D eigenvalue weighted by atomic mass is 16.5. The van der Waals surface area contributed by atoms with Crippen LogP contribution in [0.5, 0.6) is 0 Å². The monoisotopic (exact) mass is 269 g/mol. The van der Waals surface area contributed by atoms with Gasteiger partial charge in [-0.05, 0) is 25.7 Å². The predicted octanol–water partition coefficient (Wildman–Crippen LogP) is 1.16. The van der Waals surface area contributed by atoms with Crippen molar-refractivity contribution >= 4 is 0 Å². The molecule has 2 aliphatic rings. The Morgan fingerprint density at radius 2 is 1.84 bits per heavy atom. The molecule has 0 radical (unpaired) electrons. The lowest BCUT2D eigenvalue weighted by Crippen LogP contribution is -2.67. The maximum atomic E-state index is 6.06. The van der Waals surface area contributed by atoms with Crippen molar-refractivity contribution in [3.63, 3.8) is 0 Å². The van der Waals surface area contributed by atoms with Gasteiger partial charge in [-0.2, -0.15) is 0 Å². The summed E-state index contributed by atoms with van der Waals surface area (Å²) in [6.45, 7) is 14.2. The van der Waals surface area contributed by atoms with Crippen LogP contribution in [0.3, 0.4) is 0 Å². The van der Waals surface area contributed by atoms with Crippen LogP contribution in [0.2, 0.25) is 0 Å². The molecule has 0 atom stereocenters. The van der Waals surface area contributed by atoms with E-state index >= 15 is 0 Å². The molecule has 1 saturated carbocycles. The Labute approximate surface area is 118 Å². The molecule has 0 aromatic rings. The number of hydrogen-bond acceptors (Lipinski definition) is 4. The van der Waals surface area contributed by atoms with Crippen molar-refractivity contribution in [3.05, 3.63) is 0 Å². The Kier molecular flexibility index (Phi) is 5.23. The second kappa shape index (κ2) is 6.53. The molecule has 0 amide bonds. The van der Waals surface area contributed by atoms with Crippen molar-refractivity contribution in [1.29, 1.82) is 0 Å². The lowest BCUT2D eigenvalue weighted by atomic mass is 9.72. The van der Waals surface area contributed by atoms with Gasteiger partial charge in [0.15, 0.2) is 0 Å². The van der Waals surface area contributed by atoms with E-state index in [1.165, 1.54) is 32.7 Å². The Bertz CT molecular complexity index is 269. The largest absolute Gasteiger partial charge is 0.378 e. The van der Waals surface area contributed by atoms with Crippen LogP contribution in [-0.4, -0.2) is 67.3 Å². The third-order valence-corrected chi connectivity index (χ3v) is 4.66. The molecule has 2 rings (SSSR count). The fourth-order valence-corrected chi connectivity index (χ4v) is 3.62. The summed E-state index contributed by atoms with van der Waals surface area (Å²) >= 11 is 0. The van der Waals surface area contributed by atoms with Crippen LogP contribution >= 0.6 is 0 Å². The Balaban J connectivity index is 1.80. The normalized spacial score (nSPS) is 33.6.